The normalized spacial score (nSPS) is 13.1. The molecule has 0 aliphatic carbocycles. The van der Waals surface area contributed by atoms with Gasteiger partial charge < -0.3 is 15.0 Å². The maximum absolute atomic E-state index is 14.2. The van der Waals surface area contributed by atoms with E-state index in [0.29, 0.717) is 28.1 Å². The van der Waals surface area contributed by atoms with Crippen molar-refractivity contribution in [3.05, 3.63) is 88.4 Å². The minimum atomic E-state index is -4.89. The minimum absolute atomic E-state index is 0.0813. The standard InChI is InChI=1S/C32H37ClF3N3O5S/c1-6-22(4)37-31(41)29(7-2)38(19-23-10-13-25(44-5)14-11-23)30(40)20-39(45(42,43)26-15-8-21(3)9-16-26)24-12-17-28(33)27(18-24)32(34,35)36/h8-18,22,29H,6-7,19-20H2,1-5H3,(H,37,41)/t22-,29+/m1/s1. The van der Waals surface area contributed by atoms with Gasteiger partial charge in [-0.2, -0.15) is 13.2 Å². The van der Waals surface area contributed by atoms with E-state index in [1.54, 1.807) is 38.1 Å². The molecule has 3 aromatic rings. The molecule has 244 valence electrons. The molecule has 0 spiro atoms. The van der Waals surface area contributed by atoms with Gasteiger partial charge in [0.05, 0.1) is 28.3 Å². The van der Waals surface area contributed by atoms with Crippen LogP contribution in [0, 0.1) is 6.92 Å². The fourth-order valence-electron chi connectivity index (χ4n) is 4.54. The smallest absolute Gasteiger partial charge is 0.417 e. The first kappa shape index (κ1) is 35.7. The second kappa shape index (κ2) is 15.0. The molecule has 2 atom stereocenters. The van der Waals surface area contributed by atoms with Crippen LogP contribution in [0.5, 0.6) is 5.75 Å². The Balaban J connectivity index is 2.14. The van der Waals surface area contributed by atoms with Gasteiger partial charge in [-0.3, -0.25) is 13.9 Å². The lowest BCUT2D eigenvalue weighted by Crippen LogP contribution is -2.53. The number of benzene rings is 3. The van der Waals surface area contributed by atoms with Crippen molar-refractivity contribution in [1.29, 1.82) is 0 Å². The van der Waals surface area contributed by atoms with Gasteiger partial charge in [0.25, 0.3) is 10.0 Å². The number of aryl methyl sites for hydroxylation is 1. The Labute approximate surface area is 267 Å². The molecule has 0 fully saturated rings. The number of hydrogen-bond donors (Lipinski definition) is 1. The molecule has 1 N–H and O–H groups in total. The lowest BCUT2D eigenvalue weighted by Gasteiger charge is -2.34. The first-order valence-electron chi connectivity index (χ1n) is 14.3. The molecule has 3 rings (SSSR count). The Bertz CT molecular complexity index is 1580. The molecule has 0 saturated heterocycles. The number of hydrogen-bond acceptors (Lipinski definition) is 5. The van der Waals surface area contributed by atoms with Crippen LogP contribution >= 0.6 is 11.6 Å². The molecule has 0 heterocycles. The van der Waals surface area contributed by atoms with Crippen molar-refractivity contribution in [2.45, 2.75) is 70.2 Å². The molecule has 45 heavy (non-hydrogen) atoms. The third-order valence-corrected chi connectivity index (χ3v) is 9.45. The monoisotopic (exact) mass is 667 g/mol. The van der Waals surface area contributed by atoms with Crippen LogP contribution in [0.1, 0.15) is 50.3 Å². The molecular formula is C32H37ClF3N3O5S. The second-order valence-corrected chi connectivity index (χ2v) is 12.9. The summed E-state index contributed by atoms with van der Waals surface area (Å²) in [5.74, 6) is -0.666. The second-order valence-electron chi connectivity index (χ2n) is 10.6. The Morgan fingerprint density at radius 2 is 1.60 bits per heavy atom. The van der Waals surface area contributed by atoms with Crippen molar-refractivity contribution >= 4 is 39.1 Å². The van der Waals surface area contributed by atoms with Crippen LogP contribution < -0.4 is 14.4 Å². The number of rotatable bonds is 13. The summed E-state index contributed by atoms with van der Waals surface area (Å²) >= 11 is 5.83. The number of sulfonamides is 1. The zero-order valence-corrected chi connectivity index (χ0v) is 27.3. The van der Waals surface area contributed by atoms with Gasteiger partial charge in [0.1, 0.15) is 18.3 Å². The predicted octanol–water partition coefficient (Wildman–Crippen LogP) is 6.59. The zero-order chi connectivity index (χ0) is 33.5. The maximum Gasteiger partial charge on any atom is 0.417 e. The van der Waals surface area contributed by atoms with Crippen molar-refractivity contribution in [3.63, 3.8) is 0 Å². The van der Waals surface area contributed by atoms with E-state index < -0.39 is 56.9 Å². The number of carbonyl (C=O) groups excluding carboxylic acids is 2. The molecule has 0 aliphatic heterocycles. The first-order chi connectivity index (χ1) is 21.1. The molecule has 2 amide bonds. The van der Waals surface area contributed by atoms with E-state index >= 15 is 0 Å². The van der Waals surface area contributed by atoms with Crippen LogP contribution in [0.3, 0.4) is 0 Å². The Kier molecular flexibility index (Phi) is 11.9. The molecular weight excluding hydrogens is 631 g/mol. The number of methoxy groups -OCH3 is 1. The van der Waals surface area contributed by atoms with E-state index in [0.717, 1.165) is 17.7 Å². The molecule has 8 nitrogen and oxygen atoms in total. The minimum Gasteiger partial charge on any atom is -0.497 e. The Morgan fingerprint density at radius 1 is 0.978 bits per heavy atom. The average Bonchev–Trinajstić information content (AvgIpc) is 2.99. The van der Waals surface area contributed by atoms with Crippen LogP contribution in [0.25, 0.3) is 0 Å². The Morgan fingerprint density at radius 3 is 2.13 bits per heavy atom. The van der Waals surface area contributed by atoms with Crippen molar-refractivity contribution < 1.29 is 35.9 Å². The fraction of sp³-hybridized carbons (Fsp3) is 0.375. The number of ether oxygens (including phenoxy) is 1. The maximum atomic E-state index is 14.2. The number of nitrogens with one attached hydrogen (secondary N) is 1. The van der Waals surface area contributed by atoms with E-state index in [1.165, 1.54) is 36.3 Å². The summed E-state index contributed by atoms with van der Waals surface area (Å²) in [7, 11) is -3.07. The number of amides is 2. The summed E-state index contributed by atoms with van der Waals surface area (Å²) in [5.41, 5.74) is -0.293. The van der Waals surface area contributed by atoms with Crippen molar-refractivity contribution in [2.24, 2.45) is 0 Å². The van der Waals surface area contributed by atoms with E-state index in [-0.39, 0.29) is 23.9 Å². The molecule has 13 heteroatoms. The number of anilines is 1. The van der Waals surface area contributed by atoms with Gasteiger partial charge in [-0.1, -0.05) is 55.3 Å². The molecule has 0 aromatic heterocycles. The summed E-state index contributed by atoms with van der Waals surface area (Å²) in [5, 5.41) is 2.25. The highest BCUT2D eigenvalue weighted by molar-refractivity contribution is 7.92. The molecule has 0 radical (unpaired) electrons. The SMILES string of the molecule is CC[C@@H](C)NC(=O)[C@H](CC)N(Cc1ccc(OC)cc1)C(=O)CN(c1ccc(Cl)c(C(F)(F)F)c1)S(=O)(=O)c1ccc(C)cc1. The third-order valence-electron chi connectivity index (χ3n) is 7.33. The van der Waals surface area contributed by atoms with Gasteiger partial charge in [-0.05, 0) is 74.7 Å². The van der Waals surface area contributed by atoms with E-state index in [2.05, 4.69) is 5.32 Å². The van der Waals surface area contributed by atoms with Gasteiger partial charge in [0, 0.05) is 12.6 Å². The van der Waals surface area contributed by atoms with Gasteiger partial charge in [-0.15, -0.1) is 0 Å². The number of carbonyl (C=O) groups is 2. The lowest BCUT2D eigenvalue weighted by atomic mass is 10.1. The molecule has 0 aliphatic rings. The fourth-order valence-corrected chi connectivity index (χ4v) is 6.17. The number of halogens is 4. The zero-order valence-electron chi connectivity index (χ0n) is 25.7. The largest absolute Gasteiger partial charge is 0.497 e. The quantitative estimate of drug-likeness (QED) is 0.222. The van der Waals surface area contributed by atoms with Gasteiger partial charge in [-0.25, -0.2) is 8.42 Å². The molecule has 0 bridgehead atoms. The van der Waals surface area contributed by atoms with Crippen LogP contribution in [0.15, 0.2) is 71.6 Å². The van der Waals surface area contributed by atoms with E-state index in [1.807, 2.05) is 13.8 Å². The highest BCUT2D eigenvalue weighted by atomic mass is 35.5. The third kappa shape index (κ3) is 8.91. The van der Waals surface area contributed by atoms with Crippen LogP contribution in [0.2, 0.25) is 5.02 Å². The van der Waals surface area contributed by atoms with Crippen LogP contribution in [-0.2, 0) is 32.3 Å². The lowest BCUT2D eigenvalue weighted by molar-refractivity contribution is -0.140. The highest BCUT2D eigenvalue weighted by Gasteiger charge is 2.37. The van der Waals surface area contributed by atoms with Gasteiger partial charge in [0.15, 0.2) is 0 Å². The summed E-state index contributed by atoms with van der Waals surface area (Å²) in [4.78, 5) is 28.6. The van der Waals surface area contributed by atoms with Crippen molar-refractivity contribution in [3.8, 4) is 5.75 Å². The molecule has 3 aromatic carbocycles. The number of nitrogens with zero attached hydrogens (tertiary/aromatic N) is 2. The molecule has 0 unspecified atom stereocenters. The summed E-state index contributed by atoms with van der Waals surface area (Å²) in [6.45, 7) is 6.19. The summed E-state index contributed by atoms with van der Waals surface area (Å²) in [6, 6.07) is 13.9. The summed E-state index contributed by atoms with van der Waals surface area (Å²) in [6.07, 6.45) is -4.07. The van der Waals surface area contributed by atoms with E-state index in [9.17, 15) is 31.2 Å². The van der Waals surface area contributed by atoms with Gasteiger partial charge >= 0.3 is 6.18 Å². The predicted molar refractivity (Wildman–Crippen MR) is 168 cm³/mol. The highest BCUT2D eigenvalue weighted by Crippen LogP contribution is 2.38. The topological polar surface area (TPSA) is 96.0 Å². The van der Waals surface area contributed by atoms with Crippen LogP contribution in [-0.4, -0.2) is 50.9 Å². The average molecular weight is 668 g/mol. The first-order valence-corrected chi connectivity index (χ1v) is 16.1. The van der Waals surface area contributed by atoms with E-state index in [4.69, 9.17) is 16.3 Å². The number of alkyl halides is 3. The molecule has 0 saturated carbocycles. The van der Waals surface area contributed by atoms with Crippen molar-refractivity contribution in [1.82, 2.24) is 10.2 Å². The Hall–Kier alpha value is -3.77. The summed E-state index contributed by atoms with van der Waals surface area (Å²) < 4.78 is 75.3. The van der Waals surface area contributed by atoms with Gasteiger partial charge in [0.2, 0.25) is 11.8 Å². The van der Waals surface area contributed by atoms with Crippen LogP contribution in [0.4, 0.5) is 18.9 Å². The van der Waals surface area contributed by atoms with Crippen molar-refractivity contribution in [2.75, 3.05) is 18.0 Å².